The van der Waals surface area contributed by atoms with Crippen LogP contribution in [0.4, 0.5) is 0 Å². The highest BCUT2D eigenvalue weighted by Crippen LogP contribution is 2.27. The van der Waals surface area contributed by atoms with Crippen molar-refractivity contribution >= 4 is 15.7 Å². The van der Waals surface area contributed by atoms with Gasteiger partial charge in [0.05, 0.1) is 24.5 Å². The first-order chi connectivity index (χ1) is 14.9. The van der Waals surface area contributed by atoms with E-state index in [-0.39, 0.29) is 11.3 Å². The van der Waals surface area contributed by atoms with E-state index in [0.29, 0.717) is 45.0 Å². The number of hydrogen-bond acceptors (Lipinski definition) is 6. The van der Waals surface area contributed by atoms with Gasteiger partial charge < -0.3 is 19.4 Å². The Hall–Kier alpha value is -2.23. The Labute approximate surface area is 183 Å². The zero-order valence-electron chi connectivity index (χ0n) is 18.1. The summed E-state index contributed by atoms with van der Waals surface area (Å²) in [5, 5.41) is 1.33. The second kappa shape index (κ2) is 10.9. The van der Waals surface area contributed by atoms with Gasteiger partial charge in [0.1, 0.15) is 5.25 Å². The van der Waals surface area contributed by atoms with Crippen molar-refractivity contribution in [3.63, 3.8) is 0 Å². The summed E-state index contributed by atoms with van der Waals surface area (Å²) < 4.78 is 39.3. The molecule has 1 aromatic carbocycles. The molecule has 1 aliphatic heterocycles. The number of aromatic nitrogens is 2. The molecule has 0 saturated carbocycles. The molecule has 2 heterocycles. The van der Waals surface area contributed by atoms with Gasteiger partial charge in [-0.3, -0.25) is 4.79 Å². The number of rotatable bonds is 11. The van der Waals surface area contributed by atoms with Crippen LogP contribution in [0, 0.1) is 0 Å². The average molecular weight is 450 g/mol. The molecule has 1 N–H and O–H groups in total. The number of carbonyl (C=O) groups excluding carboxylic acids is 1. The number of nitrogens with zero attached hydrogens (tertiary/aromatic N) is 2. The molecule has 8 nitrogen and oxygen atoms in total. The van der Waals surface area contributed by atoms with Crippen LogP contribution in [0.2, 0.25) is 0 Å². The summed E-state index contributed by atoms with van der Waals surface area (Å²) in [5.41, 5.74) is 1.56. The Morgan fingerprint density at radius 1 is 1.35 bits per heavy atom. The van der Waals surface area contributed by atoms with Gasteiger partial charge in [0.2, 0.25) is 20.9 Å². The van der Waals surface area contributed by atoms with E-state index >= 15 is 0 Å². The van der Waals surface area contributed by atoms with Crippen LogP contribution in [0.1, 0.15) is 33.1 Å². The van der Waals surface area contributed by atoms with Gasteiger partial charge in [-0.05, 0) is 38.7 Å². The number of benzene rings is 1. The minimum atomic E-state index is -3.99. The maximum absolute atomic E-state index is 13.3. The zero-order chi connectivity index (χ0) is 22.3. The van der Waals surface area contributed by atoms with Gasteiger partial charge in [-0.2, -0.15) is 0 Å². The van der Waals surface area contributed by atoms with Gasteiger partial charge in [-0.25, -0.2) is 13.4 Å². The normalized spacial score (nSPS) is 17.5. The largest absolute Gasteiger partial charge is 0.382 e. The van der Waals surface area contributed by atoms with Crippen molar-refractivity contribution < 1.29 is 22.7 Å². The molecular weight excluding hydrogens is 418 g/mol. The quantitative estimate of drug-likeness (QED) is 0.529. The van der Waals surface area contributed by atoms with Crippen LogP contribution in [0.3, 0.4) is 0 Å². The van der Waals surface area contributed by atoms with Crippen molar-refractivity contribution in [1.82, 2.24) is 14.9 Å². The van der Waals surface area contributed by atoms with E-state index in [4.69, 9.17) is 9.47 Å². The number of hydrogen-bond donors (Lipinski definition) is 1. The molecule has 3 rings (SSSR count). The first-order valence-electron chi connectivity index (χ1n) is 10.8. The van der Waals surface area contributed by atoms with Gasteiger partial charge in [0.25, 0.3) is 0 Å². The lowest BCUT2D eigenvalue weighted by molar-refractivity contribution is -0.120. The fraction of sp³-hybridized carbons (Fsp3) is 0.545. The molecule has 1 fully saturated rings. The fourth-order valence-corrected chi connectivity index (χ4v) is 4.93. The average Bonchev–Trinajstić information content (AvgIpc) is 3.44. The summed E-state index contributed by atoms with van der Waals surface area (Å²) in [6.45, 7) is 5.83. The van der Waals surface area contributed by atoms with E-state index in [9.17, 15) is 13.2 Å². The SMILES string of the molecule is CCOCCCNC(=O)C(C)S(=O)(=O)c1ncc(-c2ccccc2)n1CC1CCCO1. The number of carbonyl (C=O) groups is 1. The third-order valence-corrected chi connectivity index (χ3v) is 7.34. The summed E-state index contributed by atoms with van der Waals surface area (Å²) in [4.78, 5) is 16.8. The predicted octanol–water partition coefficient (Wildman–Crippen LogP) is 2.43. The van der Waals surface area contributed by atoms with Crippen molar-refractivity contribution in [2.45, 2.75) is 56.2 Å². The molecule has 31 heavy (non-hydrogen) atoms. The molecule has 1 saturated heterocycles. The Kier molecular flexibility index (Phi) is 8.22. The zero-order valence-corrected chi connectivity index (χ0v) is 18.9. The number of ether oxygens (including phenoxy) is 2. The lowest BCUT2D eigenvalue weighted by atomic mass is 10.1. The smallest absolute Gasteiger partial charge is 0.238 e. The first kappa shape index (κ1) is 23.4. The third-order valence-electron chi connectivity index (χ3n) is 5.36. The maximum Gasteiger partial charge on any atom is 0.238 e. The van der Waals surface area contributed by atoms with Crippen molar-refractivity contribution in [3.05, 3.63) is 36.5 Å². The number of imidazole rings is 1. The van der Waals surface area contributed by atoms with Gasteiger partial charge in [-0.1, -0.05) is 30.3 Å². The Balaban J connectivity index is 1.83. The summed E-state index contributed by atoms with van der Waals surface area (Å²) in [6.07, 6.45) is 3.92. The molecule has 2 unspecified atom stereocenters. The topological polar surface area (TPSA) is 99.5 Å². The minimum Gasteiger partial charge on any atom is -0.382 e. The molecule has 0 bridgehead atoms. The molecule has 0 aliphatic carbocycles. The third kappa shape index (κ3) is 5.72. The van der Waals surface area contributed by atoms with Crippen LogP contribution in [0.15, 0.2) is 41.7 Å². The summed E-state index contributed by atoms with van der Waals surface area (Å²) >= 11 is 0. The van der Waals surface area contributed by atoms with Crippen molar-refractivity contribution in [1.29, 1.82) is 0 Å². The minimum absolute atomic E-state index is 0.0756. The monoisotopic (exact) mass is 449 g/mol. The van der Waals surface area contributed by atoms with E-state index in [0.717, 1.165) is 18.4 Å². The molecule has 0 radical (unpaired) electrons. The molecule has 0 spiro atoms. The Morgan fingerprint density at radius 2 is 2.13 bits per heavy atom. The Bertz CT molecular complexity index is 953. The molecule has 1 aromatic heterocycles. The maximum atomic E-state index is 13.3. The molecule has 2 atom stereocenters. The summed E-state index contributed by atoms with van der Waals surface area (Å²) in [6, 6.07) is 9.51. The Morgan fingerprint density at radius 3 is 2.81 bits per heavy atom. The fourth-order valence-electron chi connectivity index (χ4n) is 3.57. The number of amides is 1. The second-order valence-electron chi connectivity index (χ2n) is 7.57. The van der Waals surface area contributed by atoms with Gasteiger partial charge in [0, 0.05) is 26.4 Å². The number of nitrogens with one attached hydrogen (secondary N) is 1. The highest BCUT2D eigenvalue weighted by molar-refractivity contribution is 7.92. The van der Waals surface area contributed by atoms with Crippen LogP contribution in [0.5, 0.6) is 0 Å². The first-order valence-corrected chi connectivity index (χ1v) is 12.3. The van der Waals surface area contributed by atoms with Crippen LogP contribution in [-0.4, -0.2) is 61.6 Å². The lowest BCUT2D eigenvalue weighted by Crippen LogP contribution is -2.39. The van der Waals surface area contributed by atoms with Crippen molar-refractivity contribution in [2.75, 3.05) is 26.4 Å². The lowest BCUT2D eigenvalue weighted by Gasteiger charge is -2.18. The van der Waals surface area contributed by atoms with E-state index in [2.05, 4.69) is 10.3 Å². The summed E-state index contributed by atoms with van der Waals surface area (Å²) in [5.74, 6) is -0.538. The second-order valence-corrected chi connectivity index (χ2v) is 9.73. The van der Waals surface area contributed by atoms with Gasteiger partial charge >= 0.3 is 0 Å². The molecule has 2 aromatic rings. The molecule has 9 heteroatoms. The van der Waals surface area contributed by atoms with E-state index in [1.54, 1.807) is 10.8 Å². The standard InChI is InChI=1S/C22H31N3O5S/c1-3-29-13-8-12-23-21(26)17(2)31(27,28)22-24-15-20(18-9-5-4-6-10-18)25(22)16-19-11-7-14-30-19/h4-6,9-10,15,17,19H,3,7-8,11-14,16H2,1-2H3,(H,23,26). The van der Waals surface area contributed by atoms with E-state index < -0.39 is 21.0 Å². The van der Waals surface area contributed by atoms with Crippen molar-refractivity contribution in [2.24, 2.45) is 0 Å². The van der Waals surface area contributed by atoms with Crippen LogP contribution < -0.4 is 5.32 Å². The van der Waals surface area contributed by atoms with E-state index in [1.165, 1.54) is 6.92 Å². The van der Waals surface area contributed by atoms with E-state index in [1.807, 2.05) is 37.3 Å². The molecular formula is C22H31N3O5S. The molecule has 1 aliphatic rings. The summed E-state index contributed by atoms with van der Waals surface area (Å²) in [7, 11) is -3.99. The van der Waals surface area contributed by atoms with Crippen LogP contribution in [-0.2, 0) is 30.7 Å². The van der Waals surface area contributed by atoms with Crippen molar-refractivity contribution in [3.8, 4) is 11.3 Å². The van der Waals surface area contributed by atoms with Crippen LogP contribution >= 0.6 is 0 Å². The number of sulfone groups is 1. The van der Waals surface area contributed by atoms with Crippen LogP contribution in [0.25, 0.3) is 11.3 Å². The van der Waals surface area contributed by atoms with Gasteiger partial charge in [-0.15, -0.1) is 0 Å². The highest BCUT2D eigenvalue weighted by Gasteiger charge is 2.35. The van der Waals surface area contributed by atoms with Gasteiger partial charge in [0.15, 0.2) is 0 Å². The molecule has 1 amide bonds. The highest BCUT2D eigenvalue weighted by atomic mass is 32.2. The predicted molar refractivity (Wildman–Crippen MR) is 117 cm³/mol. The molecule has 170 valence electrons.